The molecule has 2 fully saturated rings. The third-order valence-electron chi connectivity index (χ3n) is 6.46. The minimum atomic E-state index is -0.317. The summed E-state index contributed by atoms with van der Waals surface area (Å²) >= 11 is 13.1. The molecule has 2 aliphatic heterocycles. The van der Waals surface area contributed by atoms with Crippen molar-refractivity contribution in [2.45, 2.75) is 31.7 Å². The van der Waals surface area contributed by atoms with E-state index >= 15 is 0 Å². The van der Waals surface area contributed by atoms with E-state index in [4.69, 9.17) is 27.9 Å². The van der Waals surface area contributed by atoms with Gasteiger partial charge in [-0.1, -0.05) is 35.3 Å². The second-order valence-corrected chi connectivity index (χ2v) is 9.15. The van der Waals surface area contributed by atoms with Crippen LogP contribution in [-0.2, 0) is 16.0 Å². The number of halogens is 3. The number of methoxy groups -OCH3 is 1. The number of hydrogen-bond donors (Lipinski definition) is 0. The Balaban J connectivity index is 1.42. The highest BCUT2D eigenvalue weighted by molar-refractivity contribution is 6.36. The summed E-state index contributed by atoms with van der Waals surface area (Å²) in [6.07, 6.45) is 2.42. The van der Waals surface area contributed by atoms with Crippen LogP contribution in [-0.4, -0.2) is 54.6 Å². The van der Waals surface area contributed by atoms with Crippen LogP contribution in [0.15, 0.2) is 36.4 Å². The highest BCUT2D eigenvalue weighted by atomic mass is 35.5. The molecule has 2 heterocycles. The average Bonchev–Trinajstić information content (AvgIpc) is 3.16. The summed E-state index contributed by atoms with van der Waals surface area (Å²) in [4.78, 5) is 28.4. The van der Waals surface area contributed by atoms with Crippen LogP contribution in [0.4, 0.5) is 9.18 Å². The van der Waals surface area contributed by atoms with Gasteiger partial charge in [-0.2, -0.15) is 0 Å². The first-order chi connectivity index (χ1) is 15.4. The molecular formula is C24H25Cl2FN2O3. The van der Waals surface area contributed by atoms with Gasteiger partial charge >= 0.3 is 6.09 Å². The molecule has 0 aliphatic carbocycles. The Kier molecular flexibility index (Phi) is 6.91. The Hall–Kier alpha value is -2.31. The standard InChI is InChI=1S/C24H25Cl2FN2O3/c1-32-24(31)28-9-7-19(8-10-28)29-11-6-16(23(29)30)12-20-21(25)13-17(14-22(20)26)15-2-4-18(27)5-3-15/h2-5,13-14,16,19H,6-12H2,1H3/t16-/m0/s1. The van der Waals surface area contributed by atoms with Crippen molar-refractivity contribution in [1.29, 1.82) is 0 Å². The topological polar surface area (TPSA) is 49.9 Å². The lowest BCUT2D eigenvalue weighted by molar-refractivity contribution is -0.133. The predicted molar refractivity (Wildman–Crippen MR) is 122 cm³/mol. The van der Waals surface area contributed by atoms with Gasteiger partial charge in [0.15, 0.2) is 0 Å². The highest BCUT2D eigenvalue weighted by Crippen LogP contribution is 2.36. The van der Waals surface area contributed by atoms with E-state index in [1.165, 1.54) is 19.2 Å². The third kappa shape index (κ3) is 4.71. The van der Waals surface area contributed by atoms with Crippen LogP contribution in [0.5, 0.6) is 0 Å². The molecule has 0 bridgehead atoms. The minimum absolute atomic E-state index is 0.122. The van der Waals surface area contributed by atoms with Crippen molar-refractivity contribution in [2.24, 2.45) is 5.92 Å². The van der Waals surface area contributed by atoms with Crippen molar-refractivity contribution < 1.29 is 18.7 Å². The number of piperidine rings is 1. The van der Waals surface area contributed by atoms with Crippen LogP contribution in [0.3, 0.4) is 0 Å². The maximum Gasteiger partial charge on any atom is 0.409 e. The highest BCUT2D eigenvalue weighted by Gasteiger charge is 2.38. The first-order valence-electron chi connectivity index (χ1n) is 10.7. The summed E-state index contributed by atoms with van der Waals surface area (Å²) in [6.45, 7) is 1.89. The molecule has 5 nitrogen and oxygen atoms in total. The predicted octanol–water partition coefficient (Wildman–Crippen LogP) is 5.42. The van der Waals surface area contributed by atoms with Gasteiger partial charge in [-0.3, -0.25) is 4.79 Å². The van der Waals surface area contributed by atoms with E-state index in [0.717, 1.165) is 36.0 Å². The molecule has 2 amide bonds. The summed E-state index contributed by atoms with van der Waals surface area (Å²) in [5.74, 6) is -0.348. The Labute approximate surface area is 197 Å². The second-order valence-electron chi connectivity index (χ2n) is 8.33. The van der Waals surface area contributed by atoms with Crippen molar-refractivity contribution in [3.8, 4) is 11.1 Å². The fourth-order valence-electron chi connectivity index (χ4n) is 4.66. The second kappa shape index (κ2) is 9.67. The van der Waals surface area contributed by atoms with Crippen LogP contribution in [0, 0.1) is 11.7 Å². The third-order valence-corrected chi connectivity index (χ3v) is 7.13. The van der Waals surface area contributed by atoms with E-state index in [-0.39, 0.29) is 29.8 Å². The van der Waals surface area contributed by atoms with Crippen LogP contribution in [0.2, 0.25) is 10.0 Å². The molecule has 0 radical (unpaired) electrons. The summed E-state index contributed by atoms with van der Waals surface area (Å²) < 4.78 is 18.0. The number of nitrogens with zero attached hydrogens (tertiary/aromatic N) is 2. The Morgan fingerprint density at radius 1 is 1.03 bits per heavy atom. The Morgan fingerprint density at radius 2 is 1.66 bits per heavy atom. The van der Waals surface area contributed by atoms with E-state index in [1.54, 1.807) is 17.0 Å². The number of carbonyl (C=O) groups excluding carboxylic acids is 2. The van der Waals surface area contributed by atoms with Crippen molar-refractivity contribution in [2.75, 3.05) is 26.7 Å². The van der Waals surface area contributed by atoms with Gasteiger partial charge in [0.2, 0.25) is 5.91 Å². The molecule has 32 heavy (non-hydrogen) atoms. The molecule has 4 rings (SSSR count). The Bertz CT molecular complexity index is 984. The zero-order valence-electron chi connectivity index (χ0n) is 17.8. The lowest BCUT2D eigenvalue weighted by Gasteiger charge is -2.36. The molecule has 0 saturated carbocycles. The maximum atomic E-state index is 13.2. The van der Waals surface area contributed by atoms with E-state index < -0.39 is 0 Å². The van der Waals surface area contributed by atoms with E-state index in [1.807, 2.05) is 17.0 Å². The number of benzene rings is 2. The first kappa shape index (κ1) is 22.9. The van der Waals surface area contributed by atoms with E-state index in [0.29, 0.717) is 36.1 Å². The lowest BCUT2D eigenvalue weighted by atomic mass is 9.95. The molecule has 1 atom stereocenters. The normalized spacial score (nSPS) is 19.5. The molecule has 2 aliphatic rings. The molecule has 0 N–H and O–H groups in total. The number of amides is 2. The van der Waals surface area contributed by atoms with Gasteiger partial charge in [0.25, 0.3) is 0 Å². The molecule has 170 valence electrons. The van der Waals surface area contributed by atoms with Gasteiger partial charge in [-0.15, -0.1) is 0 Å². The fourth-order valence-corrected chi connectivity index (χ4v) is 5.30. The van der Waals surface area contributed by atoms with Crippen molar-refractivity contribution in [3.63, 3.8) is 0 Å². The number of likely N-dealkylation sites (tertiary alicyclic amines) is 2. The van der Waals surface area contributed by atoms with Gasteiger partial charge in [0.1, 0.15) is 5.82 Å². The molecule has 2 aromatic carbocycles. The summed E-state index contributed by atoms with van der Waals surface area (Å²) in [6, 6.07) is 9.92. The number of hydrogen-bond acceptors (Lipinski definition) is 3. The summed E-state index contributed by atoms with van der Waals surface area (Å²) in [7, 11) is 1.38. The molecule has 0 unspecified atom stereocenters. The van der Waals surface area contributed by atoms with Gasteiger partial charge < -0.3 is 14.5 Å². The van der Waals surface area contributed by atoms with Gasteiger partial charge in [-0.05, 0) is 66.6 Å². The molecule has 0 aromatic heterocycles. The molecular weight excluding hydrogens is 454 g/mol. The van der Waals surface area contributed by atoms with Gasteiger partial charge in [-0.25, -0.2) is 9.18 Å². The number of rotatable bonds is 4. The summed E-state index contributed by atoms with van der Waals surface area (Å²) in [5, 5.41) is 1.02. The largest absolute Gasteiger partial charge is 0.453 e. The average molecular weight is 479 g/mol. The van der Waals surface area contributed by atoms with Crippen LogP contribution >= 0.6 is 23.2 Å². The lowest BCUT2D eigenvalue weighted by Crippen LogP contribution is -2.47. The van der Waals surface area contributed by atoms with Crippen LogP contribution in [0.1, 0.15) is 24.8 Å². The van der Waals surface area contributed by atoms with Crippen LogP contribution < -0.4 is 0 Å². The van der Waals surface area contributed by atoms with Crippen molar-refractivity contribution >= 4 is 35.2 Å². The van der Waals surface area contributed by atoms with Gasteiger partial charge in [0.05, 0.1) is 7.11 Å². The maximum absolute atomic E-state index is 13.2. The van der Waals surface area contributed by atoms with Gasteiger partial charge in [0, 0.05) is 41.6 Å². The van der Waals surface area contributed by atoms with E-state index in [2.05, 4.69) is 0 Å². The fraction of sp³-hybridized carbons (Fsp3) is 0.417. The molecule has 2 saturated heterocycles. The zero-order valence-corrected chi connectivity index (χ0v) is 19.3. The zero-order chi connectivity index (χ0) is 22.8. The quantitative estimate of drug-likeness (QED) is 0.589. The number of carbonyl (C=O) groups is 2. The van der Waals surface area contributed by atoms with Crippen LogP contribution in [0.25, 0.3) is 11.1 Å². The van der Waals surface area contributed by atoms with Crippen molar-refractivity contribution in [3.05, 3.63) is 57.8 Å². The van der Waals surface area contributed by atoms with Crippen molar-refractivity contribution in [1.82, 2.24) is 9.80 Å². The van der Waals surface area contributed by atoms with E-state index in [9.17, 15) is 14.0 Å². The minimum Gasteiger partial charge on any atom is -0.453 e. The molecule has 0 spiro atoms. The smallest absolute Gasteiger partial charge is 0.409 e. The number of ether oxygens (including phenoxy) is 1. The Morgan fingerprint density at radius 3 is 2.25 bits per heavy atom. The summed E-state index contributed by atoms with van der Waals surface area (Å²) in [5.41, 5.74) is 2.39. The SMILES string of the molecule is COC(=O)N1CCC(N2CC[C@@H](Cc3c(Cl)cc(-c4ccc(F)cc4)cc3Cl)C2=O)CC1. The first-order valence-corrected chi connectivity index (χ1v) is 11.5. The monoisotopic (exact) mass is 478 g/mol. The molecule has 8 heteroatoms. The molecule has 2 aromatic rings.